The van der Waals surface area contributed by atoms with Gasteiger partial charge < -0.3 is 9.47 Å². The van der Waals surface area contributed by atoms with Crippen molar-refractivity contribution in [1.82, 2.24) is 0 Å². The van der Waals surface area contributed by atoms with Gasteiger partial charge in [-0.15, -0.1) is 0 Å². The van der Waals surface area contributed by atoms with E-state index in [9.17, 15) is 19.2 Å². The van der Waals surface area contributed by atoms with Crippen LogP contribution in [0.1, 0.15) is 12.8 Å². The van der Waals surface area contributed by atoms with Crippen LogP contribution in [0.4, 0.5) is 0 Å². The zero-order valence-corrected chi connectivity index (χ0v) is 8.17. The normalized spacial score (nSPS) is 41.5. The van der Waals surface area contributed by atoms with Crippen molar-refractivity contribution in [1.29, 1.82) is 0 Å². The summed E-state index contributed by atoms with van der Waals surface area (Å²) in [5.41, 5.74) is 0. The molecular formula is C10H8O6. The molecular weight excluding hydrogens is 216 g/mol. The summed E-state index contributed by atoms with van der Waals surface area (Å²) >= 11 is 0. The van der Waals surface area contributed by atoms with Crippen LogP contribution in [0.5, 0.6) is 0 Å². The van der Waals surface area contributed by atoms with Gasteiger partial charge in [0.2, 0.25) is 0 Å². The maximum atomic E-state index is 11.5. The summed E-state index contributed by atoms with van der Waals surface area (Å²) < 4.78 is 9.05. The summed E-state index contributed by atoms with van der Waals surface area (Å²) in [5, 5.41) is 0. The molecule has 0 spiro atoms. The van der Waals surface area contributed by atoms with Crippen molar-refractivity contribution in [3.63, 3.8) is 0 Å². The third-order valence-electron chi connectivity index (χ3n) is 3.62. The van der Waals surface area contributed by atoms with Crippen LogP contribution in [0.15, 0.2) is 0 Å². The maximum absolute atomic E-state index is 11.5. The molecule has 0 aromatic rings. The molecule has 4 atom stereocenters. The van der Waals surface area contributed by atoms with Crippen LogP contribution in [0.25, 0.3) is 0 Å². The number of rotatable bonds is 0. The lowest BCUT2D eigenvalue weighted by Crippen LogP contribution is -2.37. The highest BCUT2D eigenvalue weighted by atomic mass is 16.6. The predicted octanol–water partition coefficient (Wildman–Crippen LogP) is -0.588. The molecule has 2 aliphatic heterocycles. The highest BCUT2D eigenvalue weighted by molar-refractivity contribution is 5.99. The van der Waals surface area contributed by atoms with Crippen molar-refractivity contribution in [3.8, 4) is 0 Å². The van der Waals surface area contributed by atoms with E-state index in [0.29, 0.717) is 6.42 Å². The van der Waals surface area contributed by atoms with E-state index in [4.69, 9.17) is 0 Å². The van der Waals surface area contributed by atoms with E-state index < -0.39 is 47.5 Å². The smallest absolute Gasteiger partial charge is 0.317 e. The first kappa shape index (κ1) is 9.50. The second-order valence-corrected chi connectivity index (χ2v) is 4.38. The van der Waals surface area contributed by atoms with Gasteiger partial charge in [-0.05, 0) is 12.3 Å². The molecule has 1 saturated carbocycles. The third kappa shape index (κ3) is 1.07. The molecule has 0 N–H and O–H groups in total. The van der Waals surface area contributed by atoms with Crippen molar-refractivity contribution in [2.75, 3.05) is 0 Å². The number of esters is 4. The molecule has 1 aliphatic carbocycles. The van der Waals surface area contributed by atoms with E-state index in [1.165, 1.54) is 0 Å². The quantitative estimate of drug-likeness (QED) is 0.404. The van der Waals surface area contributed by atoms with Gasteiger partial charge in [-0.3, -0.25) is 19.2 Å². The van der Waals surface area contributed by atoms with Crippen LogP contribution in [0.2, 0.25) is 0 Å². The molecule has 3 aliphatic rings. The molecule has 6 nitrogen and oxygen atoms in total. The fraction of sp³-hybridized carbons (Fsp3) is 0.600. The first-order valence-corrected chi connectivity index (χ1v) is 5.08. The number of hydrogen-bond acceptors (Lipinski definition) is 6. The molecule has 3 fully saturated rings. The Bertz CT molecular complexity index is 425. The minimum atomic E-state index is -0.694. The molecule has 0 aromatic carbocycles. The Hall–Kier alpha value is -1.72. The van der Waals surface area contributed by atoms with Crippen molar-refractivity contribution < 1.29 is 28.7 Å². The van der Waals surface area contributed by atoms with Crippen LogP contribution in [-0.4, -0.2) is 23.9 Å². The van der Waals surface area contributed by atoms with Crippen molar-refractivity contribution in [2.24, 2.45) is 23.7 Å². The molecule has 2 saturated heterocycles. The first-order valence-electron chi connectivity index (χ1n) is 5.08. The molecule has 0 aromatic heterocycles. The number of hydrogen-bond donors (Lipinski definition) is 0. The molecule has 0 amide bonds. The van der Waals surface area contributed by atoms with Crippen LogP contribution in [-0.2, 0) is 28.7 Å². The monoisotopic (exact) mass is 224 g/mol. The van der Waals surface area contributed by atoms with Crippen LogP contribution in [0.3, 0.4) is 0 Å². The van der Waals surface area contributed by atoms with Crippen molar-refractivity contribution >= 4 is 23.9 Å². The van der Waals surface area contributed by atoms with Crippen molar-refractivity contribution in [2.45, 2.75) is 12.8 Å². The molecule has 3 rings (SSSR count). The fourth-order valence-electron chi connectivity index (χ4n) is 2.93. The second-order valence-electron chi connectivity index (χ2n) is 4.38. The molecule has 2 heterocycles. The molecule has 84 valence electrons. The summed E-state index contributed by atoms with van der Waals surface area (Å²) in [7, 11) is 0. The zero-order chi connectivity index (χ0) is 11.4. The topological polar surface area (TPSA) is 86.7 Å². The predicted molar refractivity (Wildman–Crippen MR) is 45.4 cm³/mol. The number of carbonyl (C=O) groups excluding carboxylic acids is 4. The van der Waals surface area contributed by atoms with Crippen LogP contribution >= 0.6 is 0 Å². The van der Waals surface area contributed by atoms with Gasteiger partial charge in [0.25, 0.3) is 0 Å². The van der Waals surface area contributed by atoms with E-state index in [1.807, 2.05) is 0 Å². The largest absolute Gasteiger partial charge is 0.393 e. The van der Waals surface area contributed by atoms with Gasteiger partial charge in [-0.25, -0.2) is 0 Å². The molecule has 16 heavy (non-hydrogen) atoms. The van der Waals surface area contributed by atoms with Gasteiger partial charge in [0.15, 0.2) is 0 Å². The lowest BCUT2D eigenvalue weighted by Gasteiger charge is -2.24. The van der Waals surface area contributed by atoms with Gasteiger partial charge in [-0.1, -0.05) is 0 Å². The van der Waals surface area contributed by atoms with Gasteiger partial charge in [0.05, 0.1) is 24.2 Å². The van der Waals surface area contributed by atoms with Crippen LogP contribution < -0.4 is 0 Å². The number of fused-ring (bicyclic) bond motifs is 5. The Morgan fingerprint density at radius 2 is 1.56 bits per heavy atom. The Labute approximate surface area is 89.9 Å². The molecule has 0 radical (unpaired) electrons. The summed E-state index contributed by atoms with van der Waals surface area (Å²) in [6.07, 6.45) is 0.315. The van der Waals surface area contributed by atoms with E-state index in [-0.39, 0.29) is 6.42 Å². The lowest BCUT2D eigenvalue weighted by molar-refractivity contribution is -0.174. The fourth-order valence-corrected chi connectivity index (χ4v) is 2.93. The molecule has 6 heteroatoms. The van der Waals surface area contributed by atoms with E-state index >= 15 is 0 Å². The summed E-state index contributed by atoms with van der Waals surface area (Å²) in [4.78, 5) is 45.5. The summed E-state index contributed by atoms with van der Waals surface area (Å²) in [5.74, 6) is -4.83. The van der Waals surface area contributed by atoms with Gasteiger partial charge >= 0.3 is 23.9 Å². The number of ether oxygens (including phenoxy) is 2. The average Bonchev–Trinajstić information content (AvgIpc) is 2.52. The highest BCUT2D eigenvalue weighted by Crippen LogP contribution is 2.49. The molecule has 0 unspecified atom stereocenters. The van der Waals surface area contributed by atoms with E-state index in [1.54, 1.807) is 0 Å². The van der Waals surface area contributed by atoms with E-state index in [2.05, 4.69) is 9.47 Å². The van der Waals surface area contributed by atoms with Gasteiger partial charge in [-0.2, -0.15) is 0 Å². The summed E-state index contributed by atoms with van der Waals surface area (Å²) in [6, 6.07) is 0. The summed E-state index contributed by atoms with van der Waals surface area (Å²) in [6.45, 7) is 0. The van der Waals surface area contributed by atoms with Gasteiger partial charge in [0, 0.05) is 0 Å². The second kappa shape index (κ2) is 2.90. The number of cyclic esters (lactones) is 4. The standard InChI is InChI=1S/C10H8O6/c11-6-2-3-4-1-5(7(3)10(14)15-6)9(13)16-8(4)12/h3-5,7H,1-2H2/t3-,4-,5+,7+/m0/s1. The maximum Gasteiger partial charge on any atom is 0.317 e. The van der Waals surface area contributed by atoms with E-state index in [0.717, 1.165) is 0 Å². The zero-order valence-electron chi connectivity index (χ0n) is 8.17. The Morgan fingerprint density at radius 1 is 0.875 bits per heavy atom. The Morgan fingerprint density at radius 3 is 2.31 bits per heavy atom. The molecule has 2 bridgehead atoms. The van der Waals surface area contributed by atoms with Crippen molar-refractivity contribution in [3.05, 3.63) is 0 Å². The Kier molecular flexibility index (Phi) is 1.72. The van der Waals surface area contributed by atoms with Gasteiger partial charge in [0.1, 0.15) is 0 Å². The minimum absolute atomic E-state index is 0.0138. The lowest BCUT2D eigenvalue weighted by atomic mass is 9.83. The average molecular weight is 224 g/mol. The number of carbonyl (C=O) groups is 4. The SMILES string of the molecule is O=C1C[C@@H]2[C@@H](C(=O)O1)[C@H]1C[C@@H]2C(=O)OC1=O. The third-order valence-corrected chi connectivity index (χ3v) is 3.62. The highest BCUT2D eigenvalue weighted by Gasteiger charge is 2.60. The first-order chi connectivity index (χ1) is 7.58. The minimum Gasteiger partial charge on any atom is -0.393 e. The van der Waals surface area contributed by atoms with Crippen LogP contribution in [0, 0.1) is 23.7 Å². The Balaban J connectivity index is 2.02.